The van der Waals surface area contributed by atoms with Crippen molar-refractivity contribution in [2.24, 2.45) is 5.41 Å². The molecule has 3 aromatic rings. The van der Waals surface area contributed by atoms with Crippen LogP contribution in [0.25, 0.3) is 0 Å². The minimum Gasteiger partial charge on any atom is -0.493 e. The fourth-order valence-corrected chi connectivity index (χ4v) is 3.53. The SMILES string of the molecule is COc1cc(Nc2nc(=O)n(CC(C)(C)C(C)=O)c(=O)n2Cc2ccc(Cl)cc2)ccc1OC(C)C. The lowest BCUT2D eigenvalue weighted by molar-refractivity contribution is -0.125. The molecule has 0 radical (unpaired) electrons. The maximum absolute atomic E-state index is 13.5. The first-order chi connectivity index (χ1) is 16.9. The maximum atomic E-state index is 13.5. The number of Topliss-reactive ketones (excluding diaryl/α,β-unsaturated/α-hetero) is 1. The lowest BCUT2D eigenvalue weighted by Gasteiger charge is -2.23. The Kier molecular flexibility index (Phi) is 8.24. The van der Waals surface area contributed by atoms with E-state index in [2.05, 4.69) is 10.3 Å². The monoisotopic (exact) mass is 514 g/mol. The summed E-state index contributed by atoms with van der Waals surface area (Å²) in [4.78, 5) is 42.7. The average Bonchev–Trinajstić information content (AvgIpc) is 2.81. The quantitative estimate of drug-likeness (QED) is 0.431. The zero-order valence-corrected chi connectivity index (χ0v) is 22.0. The minimum absolute atomic E-state index is 0.0456. The predicted molar refractivity (Wildman–Crippen MR) is 140 cm³/mol. The van der Waals surface area contributed by atoms with Gasteiger partial charge in [0.15, 0.2) is 11.5 Å². The lowest BCUT2D eigenvalue weighted by atomic mass is 9.89. The molecule has 0 aliphatic rings. The molecule has 0 aliphatic carbocycles. The molecule has 0 bridgehead atoms. The van der Waals surface area contributed by atoms with Crippen LogP contribution < -0.4 is 26.2 Å². The van der Waals surface area contributed by atoms with Crippen molar-refractivity contribution in [2.75, 3.05) is 12.4 Å². The van der Waals surface area contributed by atoms with Gasteiger partial charge >= 0.3 is 11.4 Å². The van der Waals surface area contributed by atoms with Gasteiger partial charge in [-0.2, -0.15) is 4.98 Å². The fourth-order valence-electron chi connectivity index (χ4n) is 3.41. The molecule has 0 saturated carbocycles. The highest BCUT2D eigenvalue weighted by Gasteiger charge is 2.27. The molecular weight excluding hydrogens is 484 g/mol. The zero-order valence-electron chi connectivity index (χ0n) is 21.3. The van der Waals surface area contributed by atoms with E-state index in [4.69, 9.17) is 21.1 Å². The van der Waals surface area contributed by atoms with Crippen molar-refractivity contribution in [3.05, 3.63) is 74.0 Å². The molecule has 0 spiro atoms. The molecule has 2 aromatic carbocycles. The summed E-state index contributed by atoms with van der Waals surface area (Å²) in [5.41, 5.74) is -0.942. The number of nitrogens with one attached hydrogen (secondary N) is 1. The molecule has 9 nitrogen and oxygen atoms in total. The average molecular weight is 515 g/mol. The van der Waals surface area contributed by atoms with Crippen LogP contribution in [-0.2, 0) is 17.9 Å². The molecular formula is C26H31ClN4O5. The Hall–Kier alpha value is -3.59. The van der Waals surface area contributed by atoms with Gasteiger partial charge in [0, 0.05) is 28.7 Å². The smallest absolute Gasteiger partial charge is 0.354 e. The van der Waals surface area contributed by atoms with E-state index in [-0.39, 0.29) is 30.9 Å². The number of nitrogens with zero attached hydrogens (tertiary/aromatic N) is 3. The van der Waals surface area contributed by atoms with E-state index in [1.807, 2.05) is 13.8 Å². The van der Waals surface area contributed by atoms with Gasteiger partial charge in [-0.05, 0) is 50.6 Å². The Bertz CT molecular complexity index is 1360. The van der Waals surface area contributed by atoms with Gasteiger partial charge in [-0.1, -0.05) is 37.6 Å². The molecule has 10 heteroatoms. The topological polar surface area (TPSA) is 104 Å². The maximum Gasteiger partial charge on any atom is 0.354 e. The minimum atomic E-state index is -0.919. The number of carbonyl (C=O) groups excluding carboxylic acids is 1. The van der Waals surface area contributed by atoms with Crippen molar-refractivity contribution in [3.63, 3.8) is 0 Å². The molecule has 0 atom stereocenters. The Morgan fingerprint density at radius 2 is 1.75 bits per heavy atom. The third kappa shape index (κ3) is 6.34. The molecule has 0 amide bonds. The molecule has 0 fully saturated rings. The Labute approximate surface area is 214 Å². The third-order valence-electron chi connectivity index (χ3n) is 5.69. The van der Waals surface area contributed by atoms with E-state index in [0.717, 1.165) is 10.1 Å². The standard InChI is InChI=1S/C26H31ClN4O5/c1-16(2)36-21-12-11-20(13-22(21)35-6)28-23-29-24(33)31(15-26(4,5)17(3)32)25(34)30(23)14-18-7-9-19(27)10-8-18/h7-13,16H,14-15H2,1-6H3,(H,28,29,33). The number of aromatic nitrogens is 3. The molecule has 192 valence electrons. The number of ether oxygens (including phenoxy) is 2. The van der Waals surface area contributed by atoms with Crippen LogP contribution in [0.4, 0.5) is 11.6 Å². The van der Waals surface area contributed by atoms with Gasteiger partial charge < -0.3 is 14.8 Å². The second-order valence-electron chi connectivity index (χ2n) is 9.40. The van der Waals surface area contributed by atoms with Crippen LogP contribution in [-0.4, -0.2) is 33.1 Å². The van der Waals surface area contributed by atoms with Crippen LogP contribution in [0.15, 0.2) is 52.1 Å². The largest absolute Gasteiger partial charge is 0.493 e. The Morgan fingerprint density at radius 1 is 1.08 bits per heavy atom. The summed E-state index contributed by atoms with van der Waals surface area (Å²) >= 11 is 6.01. The van der Waals surface area contributed by atoms with Crippen molar-refractivity contribution in [2.45, 2.75) is 53.8 Å². The fraction of sp³-hybridized carbons (Fsp3) is 0.385. The summed E-state index contributed by atoms with van der Waals surface area (Å²) in [6, 6.07) is 12.2. The Balaban J connectivity index is 2.10. The number of anilines is 2. The molecule has 1 N–H and O–H groups in total. The lowest BCUT2D eigenvalue weighted by Crippen LogP contribution is -2.46. The van der Waals surface area contributed by atoms with E-state index in [1.165, 1.54) is 18.6 Å². The van der Waals surface area contributed by atoms with Crippen LogP contribution in [0, 0.1) is 5.41 Å². The zero-order chi connectivity index (χ0) is 26.6. The second kappa shape index (κ2) is 11.0. The van der Waals surface area contributed by atoms with Crippen LogP contribution in [0.3, 0.4) is 0 Å². The number of carbonyl (C=O) groups is 1. The van der Waals surface area contributed by atoms with E-state index in [9.17, 15) is 14.4 Å². The van der Waals surface area contributed by atoms with Gasteiger partial charge in [0.2, 0.25) is 5.95 Å². The van der Waals surface area contributed by atoms with Gasteiger partial charge in [0.25, 0.3) is 0 Å². The van der Waals surface area contributed by atoms with E-state index >= 15 is 0 Å². The molecule has 0 saturated heterocycles. The van der Waals surface area contributed by atoms with Crippen LogP contribution >= 0.6 is 11.6 Å². The molecule has 36 heavy (non-hydrogen) atoms. The van der Waals surface area contributed by atoms with Crippen molar-refractivity contribution in [1.82, 2.24) is 14.1 Å². The van der Waals surface area contributed by atoms with Gasteiger partial charge in [-0.25, -0.2) is 14.2 Å². The van der Waals surface area contributed by atoms with Crippen LogP contribution in [0.2, 0.25) is 5.02 Å². The highest BCUT2D eigenvalue weighted by atomic mass is 35.5. The van der Waals surface area contributed by atoms with Crippen LogP contribution in [0.1, 0.15) is 40.2 Å². The number of halogens is 1. The molecule has 0 aliphatic heterocycles. The second-order valence-corrected chi connectivity index (χ2v) is 9.83. The van der Waals surface area contributed by atoms with Crippen molar-refractivity contribution >= 4 is 29.0 Å². The first kappa shape index (κ1) is 27.0. The number of hydrogen-bond donors (Lipinski definition) is 1. The summed E-state index contributed by atoms with van der Waals surface area (Å²) < 4.78 is 13.5. The molecule has 1 heterocycles. The predicted octanol–water partition coefficient (Wildman–Crippen LogP) is 4.26. The number of benzene rings is 2. The summed E-state index contributed by atoms with van der Waals surface area (Å²) in [7, 11) is 1.53. The van der Waals surface area contributed by atoms with E-state index in [0.29, 0.717) is 22.2 Å². The van der Waals surface area contributed by atoms with Gasteiger partial charge in [0.1, 0.15) is 5.78 Å². The summed E-state index contributed by atoms with van der Waals surface area (Å²) in [6.07, 6.45) is -0.0456. The molecule has 1 aromatic heterocycles. The highest BCUT2D eigenvalue weighted by Crippen LogP contribution is 2.32. The molecule has 3 rings (SSSR count). The molecule has 0 unspecified atom stereocenters. The summed E-state index contributed by atoms with van der Waals surface area (Å²) in [5.74, 6) is 0.954. The summed E-state index contributed by atoms with van der Waals surface area (Å²) in [6.45, 7) is 8.65. The van der Waals surface area contributed by atoms with E-state index in [1.54, 1.807) is 56.3 Å². The van der Waals surface area contributed by atoms with Crippen LogP contribution in [0.5, 0.6) is 11.5 Å². The van der Waals surface area contributed by atoms with Crippen molar-refractivity contribution < 1.29 is 14.3 Å². The number of hydrogen-bond acceptors (Lipinski definition) is 7. The van der Waals surface area contributed by atoms with Gasteiger partial charge in [0.05, 0.1) is 19.8 Å². The highest BCUT2D eigenvalue weighted by molar-refractivity contribution is 6.30. The van der Waals surface area contributed by atoms with Crippen molar-refractivity contribution in [3.8, 4) is 11.5 Å². The van der Waals surface area contributed by atoms with Crippen molar-refractivity contribution in [1.29, 1.82) is 0 Å². The first-order valence-corrected chi connectivity index (χ1v) is 11.9. The van der Waals surface area contributed by atoms with E-state index < -0.39 is 16.8 Å². The van der Waals surface area contributed by atoms with Gasteiger partial charge in [-0.15, -0.1) is 0 Å². The first-order valence-electron chi connectivity index (χ1n) is 11.5. The third-order valence-corrected chi connectivity index (χ3v) is 5.94. The number of ketones is 1. The normalized spacial score (nSPS) is 11.4. The van der Waals surface area contributed by atoms with Gasteiger partial charge in [-0.3, -0.25) is 9.36 Å². The number of rotatable bonds is 10. The Morgan fingerprint density at radius 3 is 2.33 bits per heavy atom. The number of methoxy groups -OCH3 is 1. The summed E-state index contributed by atoms with van der Waals surface area (Å²) in [5, 5.41) is 3.63.